The van der Waals surface area contributed by atoms with E-state index in [1.54, 1.807) is 12.4 Å². The Hall–Kier alpha value is -2.23. The summed E-state index contributed by atoms with van der Waals surface area (Å²) in [5, 5.41) is 0. The topological polar surface area (TPSA) is 52.1 Å². The Morgan fingerprint density at radius 3 is 2.71 bits per heavy atom. The number of ether oxygens (including phenoxy) is 1. The van der Waals surface area contributed by atoms with Gasteiger partial charge in [0.25, 0.3) is 0 Å². The Morgan fingerprint density at radius 2 is 2.06 bits per heavy atom. The van der Waals surface area contributed by atoms with E-state index in [-0.39, 0.29) is 6.61 Å². The number of aromatic nitrogens is 2. The molecule has 0 saturated carbocycles. The molecule has 0 N–H and O–H groups in total. The highest BCUT2D eigenvalue weighted by atomic mass is 16.5. The van der Waals surface area contributed by atoms with Crippen molar-refractivity contribution >= 4 is 6.29 Å². The molecule has 0 aliphatic carbocycles. The highest BCUT2D eigenvalue weighted by molar-refractivity contribution is 5.56. The molecule has 0 aliphatic heterocycles. The molecule has 0 unspecified atom stereocenters. The van der Waals surface area contributed by atoms with E-state index in [9.17, 15) is 4.79 Å². The van der Waals surface area contributed by atoms with Crippen LogP contribution in [0.25, 0.3) is 11.4 Å². The van der Waals surface area contributed by atoms with Crippen molar-refractivity contribution in [3.63, 3.8) is 0 Å². The zero-order chi connectivity index (χ0) is 12.1. The van der Waals surface area contributed by atoms with Crippen LogP contribution in [0.3, 0.4) is 0 Å². The van der Waals surface area contributed by atoms with Gasteiger partial charge in [-0.1, -0.05) is 23.8 Å². The predicted molar refractivity (Wildman–Crippen MR) is 63.8 cm³/mol. The molecule has 0 saturated heterocycles. The van der Waals surface area contributed by atoms with Crippen LogP contribution in [-0.2, 0) is 4.79 Å². The van der Waals surface area contributed by atoms with Crippen molar-refractivity contribution in [1.82, 2.24) is 9.97 Å². The summed E-state index contributed by atoms with van der Waals surface area (Å²) >= 11 is 0. The standard InChI is InChI=1S/C13H12N2O2/c1-10-3-2-4-11(7-10)13-14-8-12(9-15-13)17-6-5-16/h2-5,7-9H,6H2,1H3. The van der Waals surface area contributed by atoms with Crippen LogP contribution in [-0.4, -0.2) is 22.9 Å². The second kappa shape index (κ2) is 5.21. The first kappa shape index (κ1) is 11.3. The molecule has 4 heteroatoms. The summed E-state index contributed by atoms with van der Waals surface area (Å²) in [5.41, 5.74) is 2.12. The second-order valence-electron chi connectivity index (χ2n) is 3.59. The molecule has 2 aromatic rings. The van der Waals surface area contributed by atoms with Gasteiger partial charge < -0.3 is 4.74 Å². The van der Waals surface area contributed by atoms with Gasteiger partial charge in [-0.3, -0.25) is 4.79 Å². The maximum Gasteiger partial charge on any atom is 0.159 e. The highest BCUT2D eigenvalue weighted by Gasteiger charge is 2.01. The van der Waals surface area contributed by atoms with Gasteiger partial charge in [0.05, 0.1) is 12.4 Å². The summed E-state index contributed by atoms with van der Waals surface area (Å²) < 4.78 is 5.08. The number of hydrogen-bond donors (Lipinski definition) is 0. The van der Waals surface area contributed by atoms with Crippen LogP contribution >= 0.6 is 0 Å². The van der Waals surface area contributed by atoms with Crippen molar-refractivity contribution in [3.05, 3.63) is 42.2 Å². The van der Waals surface area contributed by atoms with Crippen LogP contribution in [0.2, 0.25) is 0 Å². The van der Waals surface area contributed by atoms with Gasteiger partial charge in [0.15, 0.2) is 17.9 Å². The smallest absolute Gasteiger partial charge is 0.159 e. The summed E-state index contributed by atoms with van der Waals surface area (Å²) in [6.07, 6.45) is 3.82. The maximum absolute atomic E-state index is 10.1. The third-order valence-electron chi connectivity index (χ3n) is 2.22. The largest absolute Gasteiger partial charge is 0.483 e. The molecule has 4 nitrogen and oxygen atoms in total. The van der Waals surface area contributed by atoms with Gasteiger partial charge >= 0.3 is 0 Å². The summed E-state index contributed by atoms with van der Waals surface area (Å²) in [4.78, 5) is 18.5. The SMILES string of the molecule is Cc1cccc(-c2ncc(OCC=O)cn2)c1. The summed E-state index contributed by atoms with van der Waals surface area (Å²) in [6, 6.07) is 7.95. The third kappa shape index (κ3) is 2.87. The lowest BCUT2D eigenvalue weighted by molar-refractivity contribution is -0.109. The van der Waals surface area contributed by atoms with Crippen LogP contribution in [0.4, 0.5) is 0 Å². The molecule has 0 bridgehead atoms. The van der Waals surface area contributed by atoms with E-state index in [4.69, 9.17) is 4.74 Å². The van der Waals surface area contributed by atoms with Crippen LogP contribution in [0.15, 0.2) is 36.7 Å². The lowest BCUT2D eigenvalue weighted by Crippen LogP contribution is -1.99. The van der Waals surface area contributed by atoms with Gasteiger partial charge in [-0.2, -0.15) is 0 Å². The summed E-state index contributed by atoms with van der Waals surface area (Å²) in [5.74, 6) is 1.14. The molecule has 0 radical (unpaired) electrons. The molecule has 0 spiro atoms. The Balaban J connectivity index is 2.20. The molecule has 1 aromatic heterocycles. The van der Waals surface area contributed by atoms with Gasteiger partial charge in [0.1, 0.15) is 6.61 Å². The van der Waals surface area contributed by atoms with E-state index in [0.29, 0.717) is 17.9 Å². The Labute approximate surface area is 99.3 Å². The maximum atomic E-state index is 10.1. The van der Waals surface area contributed by atoms with E-state index in [1.807, 2.05) is 31.2 Å². The molecule has 0 fully saturated rings. The third-order valence-corrected chi connectivity index (χ3v) is 2.22. The minimum absolute atomic E-state index is 0.0210. The van der Waals surface area contributed by atoms with Crippen molar-refractivity contribution < 1.29 is 9.53 Å². The van der Waals surface area contributed by atoms with Crippen LogP contribution < -0.4 is 4.74 Å². The normalized spacial score (nSPS) is 9.94. The lowest BCUT2D eigenvalue weighted by atomic mass is 10.1. The second-order valence-corrected chi connectivity index (χ2v) is 3.59. The van der Waals surface area contributed by atoms with Gasteiger partial charge in [0, 0.05) is 5.56 Å². The number of aldehydes is 1. The molecule has 86 valence electrons. The van der Waals surface area contributed by atoms with E-state index in [1.165, 1.54) is 0 Å². The van der Waals surface area contributed by atoms with Crippen molar-refractivity contribution in [2.45, 2.75) is 6.92 Å². The molecule has 17 heavy (non-hydrogen) atoms. The van der Waals surface area contributed by atoms with Crippen molar-refractivity contribution in [3.8, 4) is 17.1 Å². The van der Waals surface area contributed by atoms with E-state index in [2.05, 4.69) is 9.97 Å². The van der Waals surface area contributed by atoms with E-state index in [0.717, 1.165) is 11.1 Å². The molecule has 0 atom stereocenters. The lowest BCUT2D eigenvalue weighted by Gasteiger charge is -2.03. The number of carbonyl (C=O) groups excluding carboxylic acids is 1. The molecular formula is C13H12N2O2. The minimum Gasteiger partial charge on any atom is -0.483 e. The first-order chi connectivity index (χ1) is 8.29. The van der Waals surface area contributed by atoms with Crippen LogP contribution in [0.1, 0.15) is 5.56 Å². The zero-order valence-electron chi connectivity index (χ0n) is 9.46. The quantitative estimate of drug-likeness (QED) is 0.751. The fourth-order valence-electron chi connectivity index (χ4n) is 1.45. The van der Waals surface area contributed by atoms with Crippen molar-refractivity contribution in [2.75, 3.05) is 6.61 Å². The van der Waals surface area contributed by atoms with Crippen LogP contribution in [0, 0.1) is 6.92 Å². The van der Waals surface area contributed by atoms with Crippen molar-refractivity contribution in [2.24, 2.45) is 0 Å². The number of carbonyl (C=O) groups is 1. The fraction of sp³-hybridized carbons (Fsp3) is 0.154. The first-order valence-electron chi connectivity index (χ1n) is 5.25. The number of rotatable bonds is 4. The number of nitrogens with zero attached hydrogens (tertiary/aromatic N) is 2. The highest BCUT2D eigenvalue weighted by Crippen LogP contribution is 2.17. The first-order valence-corrected chi connectivity index (χ1v) is 5.25. The zero-order valence-corrected chi connectivity index (χ0v) is 9.46. The molecule has 2 rings (SSSR count). The molecular weight excluding hydrogens is 216 g/mol. The summed E-state index contributed by atoms with van der Waals surface area (Å²) in [6.45, 7) is 2.04. The number of aryl methyl sites for hydroxylation is 1. The van der Waals surface area contributed by atoms with E-state index < -0.39 is 0 Å². The average Bonchev–Trinajstić information content (AvgIpc) is 2.37. The fourth-order valence-corrected chi connectivity index (χ4v) is 1.45. The monoisotopic (exact) mass is 228 g/mol. The van der Waals surface area contributed by atoms with Gasteiger partial charge in [-0.05, 0) is 13.0 Å². The van der Waals surface area contributed by atoms with Crippen molar-refractivity contribution in [1.29, 1.82) is 0 Å². The molecule has 1 heterocycles. The number of hydrogen-bond acceptors (Lipinski definition) is 4. The van der Waals surface area contributed by atoms with Gasteiger partial charge in [0.2, 0.25) is 0 Å². The van der Waals surface area contributed by atoms with E-state index >= 15 is 0 Å². The Morgan fingerprint density at radius 1 is 1.29 bits per heavy atom. The Bertz CT molecular complexity index is 509. The minimum atomic E-state index is 0.0210. The number of benzene rings is 1. The van der Waals surface area contributed by atoms with Gasteiger partial charge in [-0.15, -0.1) is 0 Å². The molecule has 1 aromatic carbocycles. The Kier molecular flexibility index (Phi) is 3.45. The van der Waals surface area contributed by atoms with Gasteiger partial charge in [-0.25, -0.2) is 9.97 Å². The molecule has 0 aliphatic rings. The van der Waals surface area contributed by atoms with Crippen LogP contribution in [0.5, 0.6) is 5.75 Å². The summed E-state index contributed by atoms with van der Waals surface area (Å²) in [7, 11) is 0. The average molecular weight is 228 g/mol. The predicted octanol–water partition coefficient (Wildman–Crippen LogP) is 2.03. The molecule has 0 amide bonds.